The highest BCUT2D eigenvalue weighted by Gasteiger charge is 2.13. The van der Waals surface area contributed by atoms with Gasteiger partial charge in [-0.2, -0.15) is 0 Å². The van der Waals surface area contributed by atoms with E-state index in [1.165, 1.54) is 12.1 Å². The first-order chi connectivity index (χ1) is 8.97. The smallest absolute Gasteiger partial charge is 0.404 e. The number of hydrogen-bond acceptors (Lipinski definition) is 4. The molecule has 1 aromatic heterocycles. The van der Waals surface area contributed by atoms with E-state index < -0.39 is 22.4 Å². The fourth-order valence-corrected chi connectivity index (χ4v) is 1.72. The molecule has 1 aromatic carbocycles. The molecule has 0 atom stereocenters. The van der Waals surface area contributed by atoms with Crippen LogP contribution in [0.1, 0.15) is 5.76 Å². The summed E-state index contributed by atoms with van der Waals surface area (Å²) in [7, 11) is 0. The number of rotatable bonds is 4. The monoisotopic (exact) mass is 332 g/mol. The van der Waals surface area contributed by atoms with Gasteiger partial charge < -0.3 is 9.73 Å². The van der Waals surface area contributed by atoms with Crippen LogP contribution in [0.15, 0.2) is 33.2 Å². The Kier molecular flexibility index (Phi) is 3.79. The lowest BCUT2D eigenvalue weighted by Gasteiger charge is -2.06. The molecule has 2 rings (SSSR count). The second-order valence-electron chi connectivity index (χ2n) is 3.60. The molecule has 0 aliphatic rings. The summed E-state index contributed by atoms with van der Waals surface area (Å²) in [4.78, 5) is 9.72. The zero-order chi connectivity index (χ0) is 14.0. The Morgan fingerprint density at radius 2 is 2.05 bits per heavy atom. The van der Waals surface area contributed by atoms with E-state index in [0.29, 0.717) is 0 Å². The van der Waals surface area contributed by atoms with Crippen LogP contribution in [0.4, 0.5) is 20.4 Å². The zero-order valence-corrected chi connectivity index (χ0v) is 10.9. The number of halogens is 3. The molecule has 100 valence electrons. The number of furan rings is 1. The van der Waals surface area contributed by atoms with E-state index in [1.807, 2.05) is 0 Å². The lowest BCUT2D eigenvalue weighted by atomic mass is 10.3. The molecule has 0 bridgehead atoms. The summed E-state index contributed by atoms with van der Waals surface area (Å²) in [6.45, 7) is 0.00579. The van der Waals surface area contributed by atoms with E-state index in [9.17, 15) is 18.9 Å². The summed E-state index contributed by atoms with van der Waals surface area (Å²) in [6, 6.07) is 4.55. The average molecular weight is 333 g/mol. The summed E-state index contributed by atoms with van der Waals surface area (Å²) in [5, 5.41) is 13.0. The van der Waals surface area contributed by atoms with E-state index in [2.05, 4.69) is 21.2 Å². The molecule has 0 radical (unpaired) electrons. The molecule has 0 spiro atoms. The van der Waals surface area contributed by atoms with Crippen LogP contribution >= 0.6 is 15.9 Å². The first-order valence-corrected chi connectivity index (χ1v) is 5.88. The minimum atomic E-state index is -0.677. The van der Waals surface area contributed by atoms with Gasteiger partial charge in [-0.25, -0.2) is 8.78 Å². The predicted octanol–water partition coefficient (Wildman–Crippen LogP) is 3.84. The summed E-state index contributed by atoms with van der Waals surface area (Å²) in [6.07, 6.45) is 0. The summed E-state index contributed by atoms with van der Waals surface area (Å²) in [5.74, 6) is -1.42. The molecule has 0 fully saturated rings. The summed E-state index contributed by atoms with van der Waals surface area (Å²) < 4.78 is 31.6. The minimum absolute atomic E-state index is 0.00579. The Morgan fingerprint density at radius 3 is 2.68 bits per heavy atom. The van der Waals surface area contributed by atoms with Gasteiger partial charge in [0.2, 0.25) is 0 Å². The first-order valence-electron chi connectivity index (χ1n) is 5.09. The number of nitrogens with one attached hydrogen (secondary N) is 1. The highest BCUT2D eigenvalue weighted by atomic mass is 79.9. The molecule has 0 aliphatic heterocycles. The standard InChI is InChI=1S/C11H7BrF2N2O3/c12-7-3-9(14)10(4-8(7)13)15-5-6-1-2-11(19-6)16(17)18/h1-4,15H,5H2. The highest BCUT2D eigenvalue weighted by Crippen LogP contribution is 2.24. The SMILES string of the molecule is O=[N+]([O-])c1ccc(CNc2cc(F)c(Br)cc2F)o1. The second kappa shape index (κ2) is 5.35. The van der Waals surface area contributed by atoms with Crippen molar-refractivity contribution >= 4 is 27.5 Å². The van der Waals surface area contributed by atoms with Crippen LogP contribution in [-0.2, 0) is 6.54 Å². The van der Waals surface area contributed by atoms with Gasteiger partial charge in [0.1, 0.15) is 22.3 Å². The first kappa shape index (κ1) is 13.5. The van der Waals surface area contributed by atoms with Crippen LogP contribution < -0.4 is 5.32 Å². The highest BCUT2D eigenvalue weighted by molar-refractivity contribution is 9.10. The second-order valence-corrected chi connectivity index (χ2v) is 4.45. The number of nitro groups is 1. The van der Waals surface area contributed by atoms with Crippen molar-refractivity contribution in [1.29, 1.82) is 0 Å². The fraction of sp³-hybridized carbons (Fsp3) is 0.0909. The Bertz CT molecular complexity index is 630. The van der Waals surface area contributed by atoms with Crippen molar-refractivity contribution in [3.8, 4) is 0 Å². The van der Waals surface area contributed by atoms with Crippen molar-refractivity contribution in [3.05, 3.63) is 56.2 Å². The number of benzene rings is 1. The van der Waals surface area contributed by atoms with Crippen molar-refractivity contribution in [2.45, 2.75) is 6.54 Å². The van der Waals surface area contributed by atoms with Crippen molar-refractivity contribution in [3.63, 3.8) is 0 Å². The molecule has 0 saturated carbocycles. The maximum atomic E-state index is 13.5. The van der Waals surface area contributed by atoms with Gasteiger partial charge in [-0.15, -0.1) is 0 Å². The van der Waals surface area contributed by atoms with Gasteiger partial charge in [-0.05, 0) is 28.1 Å². The molecule has 19 heavy (non-hydrogen) atoms. The fourth-order valence-electron chi connectivity index (χ4n) is 1.40. The normalized spacial score (nSPS) is 10.5. The van der Waals surface area contributed by atoms with Crippen LogP contribution in [-0.4, -0.2) is 4.92 Å². The van der Waals surface area contributed by atoms with E-state index in [4.69, 9.17) is 4.42 Å². The van der Waals surface area contributed by atoms with Crippen molar-refractivity contribution in [2.75, 3.05) is 5.32 Å². The zero-order valence-electron chi connectivity index (χ0n) is 9.32. The van der Waals surface area contributed by atoms with Crippen LogP contribution in [0.2, 0.25) is 0 Å². The van der Waals surface area contributed by atoms with Gasteiger partial charge in [-0.1, -0.05) is 0 Å². The molecule has 1 N–H and O–H groups in total. The minimum Gasteiger partial charge on any atom is -0.404 e. The van der Waals surface area contributed by atoms with E-state index in [1.54, 1.807) is 0 Å². The molecule has 0 amide bonds. The third-order valence-electron chi connectivity index (χ3n) is 2.29. The van der Waals surface area contributed by atoms with E-state index in [0.717, 1.165) is 12.1 Å². The van der Waals surface area contributed by atoms with Crippen molar-refractivity contribution in [2.24, 2.45) is 0 Å². The maximum absolute atomic E-state index is 13.5. The third-order valence-corrected chi connectivity index (χ3v) is 2.90. The van der Waals surface area contributed by atoms with Crippen molar-refractivity contribution < 1.29 is 18.1 Å². The van der Waals surface area contributed by atoms with Crippen LogP contribution in [0.5, 0.6) is 0 Å². The molecule has 8 heteroatoms. The van der Waals surface area contributed by atoms with Gasteiger partial charge in [0.15, 0.2) is 0 Å². The van der Waals surface area contributed by atoms with Gasteiger partial charge in [0, 0.05) is 6.07 Å². The lowest BCUT2D eigenvalue weighted by molar-refractivity contribution is -0.402. The third kappa shape index (κ3) is 3.08. The van der Waals surface area contributed by atoms with Crippen LogP contribution in [0.3, 0.4) is 0 Å². The van der Waals surface area contributed by atoms with Gasteiger partial charge in [0.25, 0.3) is 0 Å². The Labute approximate surface area is 114 Å². The predicted molar refractivity (Wildman–Crippen MR) is 66.7 cm³/mol. The molecule has 2 aromatic rings. The molecule has 0 unspecified atom stereocenters. The van der Waals surface area contributed by atoms with E-state index >= 15 is 0 Å². The van der Waals surface area contributed by atoms with E-state index in [-0.39, 0.29) is 22.5 Å². The Morgan fingerprint density at radius 1 is 1.32 bits per heavy atom. The van der Waals surface area contributed by atoms with Gasteiger partial charge >= 0.3 is 5.88 Å². The number of nitrogens with zero attached hydrogens (tertiary/aromatic N) is 1. The maximum Gasteiger partial charge on any atom is 0.433 e. The molecule has 5 nitrogen and oxygen atoms in total. The van der Waals surface area contributed by atoms with Gasteiger partial charge in [-0.3, -0.25) is 10.1 Å². The topological polar surface area (TPSA) is 68.3 Å². The molecule has 0 saturated heterocycles. The summed E-state index contributed by atoms with van der Waals surface area (Å²) >= 11 is 2.86. The summed E-state index contributed by atoms with van der Waals surface area (Å²) in [5.41, 5.74) is -0.0558. The van der Waals surface area contributed by atoms with Gasteiger partial charge in [0.05, 0.1) is 22.8 Å². The Hall–Kier alpha value is -1.96. The molecule has 1 heterocycles. The Balaban J connectivity index is 2.09. The van der Waals surface area contributed by atoms with Crippen LogP contribution in [0.25, 0.3) is 0 Å². The van der Waals surface area contributed by atoms with Crippen LogP contribution in [0, 0.1) is 21.7 Å². The average Bonchev–Trinajstić information content (AvgIpc) is 2.81. The number of hydrogen-bond donors (Lipinski definition) is 1. The van der Waals surface area contributed by atoms with Crippen molar-refractivity contribution in [1.82, 2.24) is 0 Å². The molecule has 0 aliphatic carbocycles. The largest absolute Gasteiger partial charge is 0.433 e. The lowest BCUT2D eigenvalue weighted by Crippen LogP contribution is -2.01. The molecular weight excluding hydrogens is 326 g/mol. The quantitative estimate of drug-likeness (QED) is 0.524. The number of anilines is 1. The molecular formula is C11H7BrF2N2O3.